The Labute approximate surface area is 185 Å². The molecule has 0 radical (unpaired) electrons. The highest BCUT2D eigenvalue weighted by atomic mass is 16.5. The fourth-order valence-electron chi connectivity index (χ4n) is 3.85. The summed E-state index contributed by atoms with van der Waals surface area (Å²) in [6.45, 7) is 1.99. The van der Waals surface area contributed by atoms with Gasteiger partial charge in [0.2, 0.25) is 11.7 Å². The maximum Gasteiger partial charge on any atom is 0.338 e. The minimum absolute atomic E-state index is 0.227. The first-order chi connectivity index (χ1) is 15.6. The van der Waals surface area contributed by atoms with Crippen LogP contribution in [0.5, 0.6) is 17.2 Å². The number of ether oxygens (including phenoxy) is 4. The monoisotopic (exact) mass is 436 g/mol. The first-order valence-electron chi connectivity index (χ1n) is 10.1. The van der Waals surface area contributed by atoms with Gasteiger partial charge >= 0.3 is 5.97 Å². The van der Waals surface area contributed by atoms with Gasteiger partial charge in [-0.05, 0) is 24.6 Å². The molecule has 3 aromatic rings. The van der Waals surface area contributed by atoms with Gasteiger partial charge in [-0.2, -0.15) is 10.1 Å². The van der Waals surface area contributed by atoms with Crippen LogP contribution in [0.15, 0.2) is 54.4 Å². The highest BCUT2D eigenvalue weighted by Gasteiger charge is 2.38. The summed E-state index contributed by atoms with van der Waals surface area (Å²) in [6, 6.07) is 12.4. The number of anilines is 1. The lowest BCUT2D eigenvalue weighted by Crippen LogP contribution is -2.30. The number of aromatic nitrogens is 3. The molecule has 2 aromatic carbocycles. The number of hydrogen-bond donors (Lipinski definition) is 1. The van der Waals surface area contributed by atoms with Gasteiger partial charge in [0.05, 0.1) is 39.2 Å². The number of benzene rings is 2. The Kier molecular flexibility index (Phi) is 5.98. The standard InChI is InChI=1S/C23H24N4O5/c1-5-32-22(28)17-18(14-9-7-6-8-10-14)26-23-24-13-25-27(23)19(17)15-11-12-16(29-2)21(31-4)20(15)30-3/h6-13,19H,5H2,1-4H3,(H,24,25,26)/t19-/m0/s1. The minimum Gasteiger partial charge on any atom is -0.493 e. The van der Waals surface area contributed by atoms with E-state index >= 15 is 0 Å². The van der Waals surface area contributed by atoms with Gasteiger partial charge in [0.15, 0.2) is 11.5 Å². The number of fused-ring (bicyclic) bond motifs is 1. The van der Waals surface area contributed by atoms with Crippen molar-refractivity contribution < 1.29 is 23.7 Å². The van der Waals surface area contributed by atoms with E-state index in [-0.39, 0.29) is 6.61 Å². The molecule has 0 amide bonds. The Morgan fingerprint density at radius 1 is 1.03 bits per heavy atom. The summed E-state index contributed by atoms with van der Waals surface area (Å²) in [7, 11) is 4.62. The van der Waals surface area contributed by atoms with E-state index in [9.17, 15) is 4.79 Å². The van der Waals surface area contributed by atoms with Crippen molar-refractivity contribution in [3.05, 3.63) is 65.5 Å². The van der Waals surface area contributed by atoms with Crippen LogP contribution in [0.2, 0.25) is 0 Å². The quantitative estimate of drug-likeness (QED) is 0.564. The molecule has 2 heterocycles. The van der Waals surface area contributed by atoms with Gasteiger partial charge in [0.25, 0.3) is 0 Å². The lowest BCUT2D eigenvalue weighted by atomic mass is 9.92. The SMILES string of the molecule is CCOC(=O)C1=C(c2ccccc2)Nc2ncnn2[C@H]1c1ccc(OC)c(OC)c1OC. The molecule has 0 spiro atoms. The second-order valence-corrected chi connectivity index (χ2v) is 6.85. The van der Waals surface area contributed by atoms with Gasteiger partial charge in [-0.15, -0.1) is 0 Å². The molecule has 9 heteroatoms. The third-order valence-electron chi connectivity index (χ3n) is 5.18. The van der Waals surface area contributed by atoms with Crippen LogP contribution < -0.4 is 19.5 Å². The van der Waals surface area contributed by atoms with E-state index in [1.54, 1.807) is 24.8 Å². The van der Waals surface area contributed by atoms with Crippen molar-refractivity contribution in [1.29, 1.82) is 0 Å². The third kappa shape index (κ3) is 3.51. The Morgan fingerprint density at radius 3 is 2.44 bits per heavy atom. The zero-order valence-corrected chi connectivity index (χ0v) is 18.3. The summed E-state index contributed by atoms with van der Waals surface area (Å²) >= 11 is 0. The number of hydrogen-bond acceptors (Lipinski definition) is 8. The van der Waals surface area contributed by atoms with E-state index in [1.165, 1.54) is 20.5 Å². The summed E-state index contributed by atoms with van der Waals surface area (Å²) in [4.78, 5) is 17.6. The summed E-state index contributed by atoms with van der Waals surface area (Å²) < 4.78 is 23.8. The van der Waals surface area contributed by atoms with E-state index in [1.807, 2.05) is 36.4 Å². The number of nitrogens with zero attached hydrogens (tertiary/aromatic N) is 3. The molecule has 166 valence electrons. The van der Waals surface area contributed by atoms with Crippen molar-refractivity contribution in [2.45, 2.75) is 13.0 Å². The number of nitrogens with one attached hydrogen (secondary N) is 1. The van der Waals surface area contributed by atoms with Crippen LogP contribution in [0.25, 0.3) is 5.70 Å². The van der Waals surface area contributed by atoms with Gasteiger partial charge in [-0.3, -0.25) is 0 Å². The molecule has 0 unspecified atom stereocenters. The number of esters is 1. The molecule has 1 aromatic heterocycles. The second kappa shape index (κ2) is 9.01. The predicted octanol–water partition coefficient (Wildman–Crippen LogP) is 3.29. The predicted molar refractivity (Wildman–Crippen MR) is 118 cm³/mol. The molecule has 0 bridgehead atoms. The van der Waals surface area contributed by atoms with E-state index in [0.29, 0.717) is 40.0 Å². The second-order valence-electron chi connectivity index (χ2n) is 6.85. The summed E-state index contributed by atoms with van der Waals surface area (Å²) in [5, 5.41) is 7.62. The molecule has 0 fully saturated rings. The van der Waals surface area contributed by atoms with Gasteiger partial charge in [-0.1, -0.05) is 30.3 Å². The fourth-order valence-corrected chi connectivity index (χ4v) is 3.85. The average Bonchev–Trinajstić information content (AvgIpc) is 3.31. The van der Waals surface area contributed by atoms with E-state index in [4.69, 9.17) is 18.9 Å². The highest BCUT2D eigenvalue weighted by Crippen LogP contribution is 2.47. The van der Waals surface area contributed by atoms with Crippen LogP contribution in [-0.4, -0.2) is 48.7 Å². The third-order valence-corrected chi connectivity index (χ3v) is 5.18. The Hall–Kier alpha value is -4.01. The number of carbonyl (C=O) groups is 1. The van der Waals surface area contributed by atoms with E-state index < -0.39 is 12.0 Å². The summed E-state index contributed by atoms with van der Waals surface area (Å²) in [5.41, 5.74) is 2.43. The Bertz CT molecular complexity index is 1160. The molecular weight excluding hydrogens is 412 g/mol. The molecule has 32 heavy (non-hydrogen) atoms. The van der Waals surface area contributed by atoms with Crippen LogP contribution in [0.4, 0.5) is 5.95 Å². The molecule has 1 aliphatic heterocycles. The zero-order chi connectivity index (χ0) is 22.7. The topological polar surface area (TPSA) is 96.7 Å². The molecular formula is C23H24N4O5. The van der Waals surface area contributed by atoms with Crippen molar-refractivity contribution in [1.82, 2.24) is 14.8 Å². The number of carbonyl (C=O) groups excluding carboxylic acids is 1. The molecule has 1 atom stereocenters. The van der Waals surface area contributed by atoms with Crippen molar-refractivity contribution in [3.63, 3.8) is 0 Å². The van der Waals surface area contributed by atoms with E-state index in [2.05, 4.69) is 15.4 Å². The van der Waals surface area contributed by atoms with Gasteiger partial charge in [0, 0.05) is 5.56 Å². The summed E-state index contributed by atoms with van der Waals surface area (Å²) in [6.07, 6.45) is 1.43. The maximum absolute atomic E-state index is 13.3. The van der Waals surface area contributed by atoms with Gasteiger partial charge in [-0.25, -0.2) is 9.48 Å². The van der Waals surface area contributed by atoms with Crippen LogP contribution >= 0.6 is 0 Å². The number of methoxy groups -OCH3 is 3. The maximum atomic E-state index is 13.3. The Morgan fingerprint density at radius 2 is 1.78 bits per heavy atom. The van der Waals surface area contributed by atoms with Crippen molar-refractivity contribution >= 4 is 17.6 Å². The first kappa shape index (κ1) is 21.2. The lowest BCUT2D eigenvalue weighted by molar-refractivity contribution is -0.138. The molecule has 9 nitrogen and oxygen atoms in total. The zero-order valence-electron chi connectivity index (χ0n) is 18.3. The van der Waals surface area contributed by atoms with E-state index in [0.717, 1.165) is 5.56 Å². The largest absolute Gasteiger partial charge is 0.493 e. The molecule has 0 saturated carbocycles. The fraction of sp³-hybridized carbons (Fsp3) is 0.261. The van der Waals surface area contributed by atoms with Gasteiger partial charge < -0.3 is 24.3 Å². The smallest absolute Gasteiger partial charge is 0.338 e. The van der Waals surface area contributed by atoms with Crippen molar-refractivity contribution in [2.75, 3.05) is 33.3 Å². The molecule has 0 saturated heterocycles. The van der Waals surface area contributed by atoms with Crippen molar-refractivity contribution in [2.24, 2.45) is 0 Å². The van der Waals surface area contributed by atoms with Gasteiger partial charge in [0.1, 0.15) is 12.4 Å². The lowest BCUT2D eigenvalue weighted by Gasteiger charge is -2.30. The van der Waals surface area contributed by atoms with Crippen LogP contribution in [-0.2, 0) is 9.53 Å². The van der Waals surface area contributed by atoms with Crippen LogP contribution in [0.3, 0.4) is 0 Å². The molecule has 0 aliphatic carbocycles. The average molecular weight is 436 g/mol. The Balaban J connectivity index is 2.03. The number of rotatable bonds is 7. The summed E-state index contributed by atoms with van der Waals surface area (Å²) in [5.74, 6) is 1.36. The van der Waals surface area contributed by atoms with Crippen LogP contribution in [0.1, 0.15) is 24.1 Å². The normalized spacial score (nSPS) is 14.9. The molecule has 1 aliphatic rings. The molecule has 1 N–H and O–H groups in total. The molecule has 4 rings (SSSR count). The minimum atomic E-state index is -0.683. The van der Waals surface area contributed by atoms with Crippen molar-refractivity contribution in [3.8, 4) is 17.2 Å². The highest BCUT2D eigenvalue weighted by molar-refractivity contribution is 6.02. The van der Waals surface area contributed by atoms with Crippen LogP contribution in [0, 0.1) is 0 Å². The first-order valence-corrected chi connectivity index (χ1v) is 10.1.